The molecule has 1 amide bonds. The number of hydrogen-bond donors (Lipinski definition) is 3. The number of fused-ring (bicyclic) bond motifs is 1. The van der Waals surface area contributed by atoms with E-state index in [2.05, 4.69) is 35.8 Å². The second kappa shape index (κ2) is 15.4. The number of nitrogens with zero attached hydrogens (tertiary/aromatic N) is 5. The first kappa shape index (κ1) is 31.1. The number of carbonyl (C=O) groups excluding carboxylic acids is 3. The van der Waals surface area contributed by atoms with Crippen LogP contribution in [0.5, 0.6) is 0 Å². The van der Waals surface area contributed by atoms with Gasteiger partial charge in [0.15, 0.2) is 5.82 Å². The van der Waals surface area contributed by atoms with Crippen molar-refractivity contribution in [3.8, 4) is 0 Å². The van der Waals surface area contributed by atoms with E-state index in [-0.39, 0.29) is 38.5 Å². The van der Waals surface area contributed by atoms with Gasteiger partial charge in [-0.3, -0.25) is 9.59 Å². The number of aromatic nitrogens is 5. The lowest BCUT2D eigenvalue weighted by Gasteiger charge is -2.17. The zero-order valence-electron chi connectivity index (χ0n) is 23.8. The molecule has 0 radical (unpaired) electrons. The number of hydrogen-bond acceptors (Lipinski definition) is 13. The summed E-state index contributed by atoms with van der Waals surface area (Å²) in [5.41, 5.74) is 8.86. The summed E-state index contributed by atoms with van der Waals surface area (Å²) >= 11 is 1.49. The van der Waals surface area contributed by atoms with Crippen molar-refractivity contribution in [2.24, 2.45) is 0 Å². The average molecular weight is 605 g/mol. The van der Waals surface area contributed by atoms with Crippen LogP contribution in [0.15, 0.2) is 59.6 Å². The van der Waals surface area contributed by atoms with Gasteiger partial charge >= 0.3 is 11.9 Å². The lowest BCUT2D eigenvalue weighted by Crippen LogP contribution is -2.42. The molecule has 0 saturated heterocycles. The monoisotopic (exact) mass is 604 g/mol. The van der Waals surface area contributed by atoms with Gasteiger partial charge in [-0.1, -0.05) is 42.1 Å². The molecule has 13 nitrogen and oxygen atoms in total. The molecule has 1 unspecified atom stereocenters. The molecule has 2 heterocycles. The highest BCUT2D eigenvalue weighted by Crippen LogP contribution is 2.26. The molecule has 0 aliphatic carbocycles. The van der Waals surface area contributed by atoms with Gasteiger partial charge in [-0.05, 0) is 50.1 Å². The molecule has 4 N–H and O–H groups in total. The molecule has 2 aromatic heterocycles. The second-order valence-electron chi connectivity index (χ2n) is 9.11. The Balaban J connectivity index is 1.38. The van der Waals surface area contributed by atoms with E-state index in [0.717, 1.165) is 5.56 Å². The van der Waals surface area contributed by atoms with Gasteiger partial charge < -0.3 is 25.8 Å². The number of nitrogens with one attached hydrogen (secondary N) is 2. The molecule has 4 aromatic rings. The molecule has 224 valence electrons. The predicted octanol–water partition coefficient (Wildman–Crippen LogP) is 3.31. The molecule has 0 aliphatic rings. The van der Waals surface area contributed by atoms with Gasteiger partial charge in [0.05, 0.1) is 19.8 Å². The molecule has 14 heteroatoms. The summed E-state index contributed by atoms with van der Waals surface area (Å²) < 4.78 is 9.96. The molecule has 43 heavy (non-hydrogen) atoms. The Labute approximate surface area is 252 Å². The number of benzene rings is 2. The van der Waals surface area contributed by atoms with E-state index in [1.807, 2.05) is 30.3 Å². The number of ether oxygens (including phenoxy) is 2. The van der Waals surface area contributed by atoms with Gasteiger partial charge in [-0.15, -0.1) is 10.2 Å². The summed E-state index contributed by atoms with van der Waals surface area (Å²) in [4.78, 5) is 50.1. The summed E-state index contributed by atoms with van der Waals surface area (Å²) in [6, 6.07) is 15.6. The summed E-state index contributed by atoms with van der Waals surface area (Å²) in [5, 5.41) is 14.8. The number of amides is 1. The van der Waals surface area contributed by atoms with E-state index in [9.17, 15) is 14.4 Å². The Morgan fingerprint density at radius 3 is 2.40 bits per heavy atom. The van der Waals surface area contributed by atoms with Gasteiger partial charge in [-0.25, -0.2) is 14.8 Å². The minimum Gasteiger partial charge on any atom is -0.466 e. The molecule has 0 bridgehead atoms. The van der Waals surface area contributed by atoms with Gasteiger partial charge in [0.1, 0.15) is 16.6 Å². The van der Waals surface area contributed by atoms with Crippen molar-refractivity contribution in [3.05, 3.63) is 71.5 Å². The Bertz CT molecular complexity index is 1560. The largest absolute Gasteiger partial charge is 0.466 e. The van der Waals surface area contributed by atoms with Crippen molar-refractivity contribution in [2.45, 2.75) is 50.1 Å². The fourth-order valence-corrected chi connectivity index (χ4v) is 4.84. The molecule has 0 saturated carbocycles. The molecule has 0 aliphatic heterocycles. The maximum Gasteiger partial charge on any atom is 0.328 e. The standard InChI is InChI=1S/C29H32N8O5S/c1-3-41-23(38)15-14-21(28(40)42-4-2)32-26(39)19-10-12-20(13-11-19)31-16-22-33-24-25(37-36-22)34-29(30)35-27(24)43-17-18-8-6-5-7-9-18/h5-13,21,31H,3-4,14-17H2,1-2H3,(H,32,39)(H2,30,34,35,37). The highest BCUT2D eigenvalue weighted by atomic mass is 32.2. The molecule has 2 aromatic carbocycles. The summed E-state index contributed by atoms with van der Waals surface area (Å²) in [5.74, 6) is -0.348. The third kappa shape index (κ3) is 9.07. The highest BCUT2D eigenvalue weighted by molar-refractivity contribution is 7.98. The lowest BCUT2D eigenvalue weighted by atomic mass is 10.1. The van der Waals surface area contributed by atoms with Gasteiger partial charge in [0.2, 0.25) is 11.6 Å². The summed E-state index contributed by atoms with van der Waals surface area (Å²) in [6.45, 7) is 4.00. The zero-order chi connectivity index (χ0) is 30.6. The van der Waals surface area contributed by atoms with Crippen LogP contribution < -0.4 is 16.4 Å². The van der Waals surface area contributed by atoms with E-state index in [0.29, 0.717) is 39.0 Å². The molecule has 0 fully saturated rings. The molecule has 4 rings (SSSR count). The summed E-state index contributed by atoms with van der Waals surface area (Å²) in [6.07, 6.45) is 0.0336. The minimum atomic E-state index is -0.984. The number of esters is 2. The van der Waals surface area contributed by atoms with Crippen LogP contribution in [0.2, 0.25) is 0 Å². The van der Waals surface area contributed by atoms with Crippen molar-refractivity contribution < 1.29 is 23.9 Å². The first-order valence-electron chi connectivity index (χ1n) is 13.7. The van der Waals surface area contributed by atoms with Crippen LogP contribution in [0.25, 0.3) is 11.2 Å². The van der Waals surface area contributed by atoms with Crippen molar-refractivity contribution in [2.75, 3.05) is 24.3 Å². The molecular weight excluding hydrogens is 572 g/mol. The number of thioether (sulfide) groups is 1. The molecular formula is C29H32N8O5S. The highest BCUT2D eigenvalue weighted by Gasteiger charge is 2.24. The topological polar surface area (TPSA) is 184 Å². The normalized spacial score (nSPS) is 11.5. The van der Waals surface area contributed by atoms with Crippen LogP contribution in [0, 0.1) is 0 Å². The average Bonchev–Trinajstić information content (AvgIpc) is 3.01. The number of anilines is 2. The van der Waals surface area contributed by atoms with Crippen molar-refractivity contribution in [1.82, 2.24) is 30.5 Å². The molecule has 0 spiro atoms. The summed E-state index contributed by atoms with van der Waals surface area (Å²) in [7, 11) is 0. The zero-order valence-corrected chi connectivity index (χ0v) is 24.6. The third-order valence-electron chi connectivity index (χ3n) is 5.99. The Hall–Kier alpha value is -4.85. The smallest absolute Gasteiger partial charge is 0.328 e. The van der Waals surface area contributed by atoms with Crippen LogP contribution in [-0.4, -0.2) is 62.3 Å². The van der Waals surface area contributed by atoms with Crippen molar-refractivity contribution >= 4 is 52.4 Å². The SMILES string of the molecule is CCOC(=O)CCC(NC(=O)c1ccc(NCc2nnc3nc(N)nc(SCc4ccccc4)c3n2)cc1)C(=O)OCC. The fourth-order valence-electron chi connectivity index (χ4n) is 3.91. The van der Waals surface area contributed by atoms with Crippen molar-refractivity contribution in [3.63, 3.8) is 0 Å². The number of carbonyl (C=O) groups is 3. The first-order valence-corrected chi connectivity index (χ1v) is 14.6. The van der Waals surface area contributed by atoms with Crippen LogP contribution in [0.3, 0.4) is 0 Å². The Kier molecular flexibility index (Phi) is 11.1. The lowest BCUT2D eigenvalue weighted by molar-refractivity contribution is -0.146. The van der Waals surface area contributed by atoms with E-state index in [1.54, 1.807) is 38.1 Å². The maximum absolute atomic E-state index is 12.8. The number of nitrogens with two attached hydrogens (primary N) is 1. The third-order valence-corrected chi connectivity index (χ3v) is 7.02. The van der Waals surface area contributed by atoms with Crippen LogP contribution >= 0.6 is 11.8 Å². The maximum atomic E-state index is 12.8. The quantitative estimate of drug-likeness (QED) is 0.108. The predicted molar refractivity (Wildman–Crippen MR) is 161 cm³/mol. The van der Waals surface area contributed by atoms with Crippen LogP contribution in [-0.2, 0) is 31.4 Å². The van der Waals surface area contributed by atoms with E-state index in [1.165, 1.54) is 11.8 Å². The Morgan fingerprint density at radius 2 is 1.67 bits per heavy atom. The van der Waals surface area contributed by atoms with E-state index < -0.39 is 23.9 Å². The number of nitrogen functional groups attached to an aromatic ring is 1. The second-order valence-corrected chi connectivity index (χ2v) is 10.1. The van der Waals surface area contributed by atoms with E-state index >= 15 is 0 Å². The number of rotatable bonds is 14. The first-order chi connectivity index (χ1) is 20.9. The van der Waals surface area contributed by atoms with Gasteiger partial charge in [0.25, 0.3) is 5.91 Å². The van der Waals surface area contributed by atoms with Gasteiger partial charge in [0, 0.05) is 23.4 Å². The fraction of sp³-hybridized carbons (Fsp3) is 0.310. The molecule has 1 atom stereocenters. The Morgan fingerprint density at radius 1 is 0.930 bits per heavy atom. The van der Waals surface area contributed by atoms with Crippen LogP contribution in [0.1, 0.15) is 48.4 Å². The van der Waals surface area contributed by atoms with Crippen molar-refractivity contribution in [1.29, 1.82) is 0 Å². The van der Waals surface area contributed by atoms with E-state index in [4.69, 9.17) is 15.2 Å². The minimum absolute atomic E-state index is 0.0289. The van der Waals surface area contributed by atoms with Gasteiger partial charge in [-0.2, -0.15) is 4.98 Å². The van der Waals surface area contributed by atoms with Crippen LogP contribution in [0.4, 0.5) is 11.6 Å².